The van der Waals surface area contributed by atoms with Gasteiger partial charge in [0.1, 0.15) is 22.7 Å². The van der Waals surface area contributed by atoms with Crippen LogP contribution in [0.25, 0.3) is 39.3 Å². The Morgan fingerprint density at radius 3 is 2.56 bits per heavy atom. The van der Waals surface area contributed by atoms with E-state index in [1.807, 2.05) is 0 Å². The van der Waals surface area contributed by atoms with Crippen LogP contribution in [-0.4, -0.2) is 42.8 Å². The number of nitrogens with zero attached hydrogens (tertiary/aromatic N) is 4. The van der Waals surface area contributed by atoms with E-state index < -0.39 is 45.8 Å². The second-order valence-electron chi connectivity index (χ2n) is 8.29. The Morgan fingerprint density at radius 1 is 1.08 bits per heavy atom. The molecule has 6 aromatic rings. The van der Waals surface area contributed by atoms with Crippen LogP contribution in [0.3, 0.4) is 0 Å². The minimum absolute atomic E-state index is 0.135. The summed E-state index contributed by atoms with van der Waals surface area (Å²) in [7, 11) is 1.41. The highest BCUT2D eigenvalue weighted by Crippen LogP contribution is 2.39. The maximum absolute atomic E-state index is 14.2. The topological polar surface area (TPSA) is 143 Å². The van der Waals surface area contributed by atoms with Crippen LogP contribution >= 0.6 is 0 Å². The number of para-hydroxylation sites is 1. The number of aromatic amines is 2. The molecular formula is C25H16F3N7O4. The Bertz CT molecular complexity index is 1910. The number of oxazole rings is 1. The zero-order valence-corrected chi connectivity index (χ0v) is 19.8. The molecule has 2 aromatic carbocycles. The molecule has 4 heterocycles. The van der Waals surface area contributed by atoms with E-state index in [1.165, 1.54) is 31.6 Å². The Morgan fingerprint density at radius 2 is 1.87 bits per heavy atom. The van der Waals surface area contributed by atoms with Crippen LogP contribution in [0, 0.1) is 0 Å². The summed E-state index contributed by atoms with van der Waals surface area (Å²) >= 11 is 0. The van der Waals surface area contributed by atoms with Gasteiger partial charge in [0.05, 0.1) is 24.6 Å². The van der Waals surface area contributed by atoms with E-state index in [-0.39, 0.29) is 28.2 Å². The Balaban J connectivity index is 1.69. The lowest BCUT2D eigenvalue weighted by molar-refractivity contribution is -0.140. The first kappa shape index (κ1) is 24.0. The van der Waals surface area contributed by atoms with Gasteiger partial charge in [-0.2, -0.15) is 22.8 Å². The molecule has 0 unspecified atom stereocenters. The Labute approximate surface area is 215 Å². The largest absolute Gasteiger partial charge is 0.494 e. The van der Waals surface area contributed by atoms with Crippen LogP contribution in [-0.2, 0) is 6.18 Å². The molecule has 0 radical (unpaired) electrons. The van der Waals surface area contributed by atoms with Crippen molar-refractivity contribution in [1.29, 1.82) is 0 Å². The van der Waals surface area contributed by atoms with Crippen molar-refractivity contribution < 1.29 is 27.1 Å². The molecule has 6 rings (SSSR count). The van der Waals surface area contributed by atoms with Gasteiger partial charge in [-0.1, -0.05) is 36.4 Å². The number of rotatable bonds is 5. The number of anilines is 1. The molecule has 11 nitrogen and oxygen atoms in total. The number of carbonyl (C=O) groups is 1. The summed E-state index contributed by atoms with van der Waals surface area (Å²) in [6, 6.07) is 12.4. The highest BCUT2D eigenvalue weighted by molar-refractivity contribution is 6.07. The first-order chi connectivity index (χ1) is 18.8. The Kier molecular flexibility index (Phi) is 5.45. The number of fused-ring (bicyclic) bond motifs is 2. The first-order valence-corrected chi connectivity index (χ1v) is 11.3. The molecule has 39 heavy (non-hydrogen) atoms. The standard InChI is InChI=1S/C25H16F3N7O4/c1-38-14-8-5-9-15-18(14)33-23(39-15)17-19(22(36)31-13-10-29-30-11-13)32-21-16(12-6-3-2-4-7-12)20(25(26,27)28)34-35(21)24(17)37/h2-11,34H,1H3,(H,29,30)(H,31,36). The van der Waals surface area contributed by atoms with Crippen molar-refractivity contribution in [3.63, 3.8) is 0 Å². The van der Waals surface area contributed by atoms with Crippen LogP contribution in [0.1, 0.15) is 16.2 Å². The van der Waals surface area contributed by atoms with Crippen molar-refractivity contribution in [2.24, 2.45) is 0 Å². The van der Waals surface area contributed by atoms with Crippen LogP contribution in [0.4, 0.5) is 18.9 Å². The summed E-state index contributed by atoms with van der Waals surface area (Å²) in [5.74, 6) is -0.899. The highest BCUT2D eigenvalue weighted by Gasteiger charge is 2.39. The molecule has 1 amide bonds. The van der Waals surface area contributed by atoms with Gasteiger partial charge < -0.3 is 14.5 Å². The molecule has 0 atom stereocenters. The minimum atomic E-state index is -4.88. The number of hydrogen-bond donors (Lipinski definition) is 3. The number of amides is 1. The van der Waals surface area contributed by atoms with Gasteiger partial charge in [-0.05, 0) is 17.7 Å². The van der Waals surface area contributed by atoms with Crippen molar-refractivity contribution in [3.05, 3.63) is 82.7 Å². The van der Waals surface area contributed by atoms with Crippen LogP contribution < -0.4 is 15.6 Å². The fraction of sp³-hybridized carbons (Fsp3) is 0.0800. The number of benzene rings is 2. The van der Waals surface area contributed by atoms with Crippen molar-refractivity contribution >= 4 is 28.3 Å². The molecule has 14 heteroatoms. The SMILES string of the molecule is COc1cccc2oc(-c3c(C(=O)Nc4cn[nH]c4)nc4c(-c5ccccc5)c(C(F)(F)F)[nH]n4c3=O)nc12. The number of aromatic nitrogens is 6. The molecule has 0 saturated heterocycles. The van der Waals surface area contributed by atoms with Crippen LogP contribution in [0.2, 0.25) is 0 Å². The van der Waals surface area contributed by atoms with E-state index in [9.17, 15) is 22.8 Å². The predicted octanol–water partition coefficient (Wildman–Crippen LogP) is 4.50. The third-order valence-corrected chi connectivity index (χ3v) is 5.91. The third-order valence-electron chi connectivity index (χ3n) is 5.91. The number of carbonyl (C=O) groups excluding carboxylic acids is 1. The molecule has 0 bridgehead atoms. The van der Waals surface area contributed by atoms with Gasteiger partial charge in [0.15, 0.2) is 16.7 Å². The first-order valence-electron chi connectivity index (χ1n) is 11.3. The second-order valence-corrected chi connectivity index (χ2v) is 8.29. The molecule has 4 aromatic heterocycles. The molecule has 3 N–H and O–H groups in total. The lowest BCUT2D eigenvalue weighted by Gasteiger charge is -2.08. The van der Waals surface area contributed by atoms with Gasteiger partial charge in [-0.25, -0.2) is 9.97 Å². The second kappa shape index (κ2) is 8.86. The predicted molar refractivity (Wildman–Crippen MR) is 132 cm³/mol. The van der Waals surface area contributed by atoms with E-state index in [0.29, 0.717) is 10.3 Å². The third kappa shape index (κ3) is 3.98. The van der Waals surface area contributed by atoms with Crippen molar-refractivity contribution in [2.45, 2.75) is 6.18 Å². The monoisotopic (exact) mass is 535 g/mol. The quantitative estimate of drug-likeness (QED) is 0.295. The maximum atomic E-state index is 14.2. The van der Waals surface area contributed by atoms with E-state index in [0.717, 1.165) is 0 Å². The Hall–Kier alpha value is -5.40. The average molecular weight is 535 g/mol. The summed E-state index contributed by atoms with van der Waals surface area (Å²) in [4.78, 5) is 35.8. The van der Waals surface area contributed by atoms with Gasteiger partial charge in [0.25, 0.3) is 11.5 Å². The van der Waals surface area contributed by atoms with Gasteiger partial charge in [-0.3, -0.25) is 19.8 Å². The van der Waals surface area contributed by atoms with Crippen LogP contribution in [0.5, 0.6) is 5.75 Å². The smallest absolute Gasteiger partial charge is 0.433 e. The molecule has 0 fully saturated rings. The highest BCUT2D eigenvalue weighted by atomic mass is 19.4. The van der Waals surface area contributed by atoms with Gasteiger partial charge >= 0.3 is 6.18 Å². The van der Waals surface area contributed by atoms with E-state index >= 15 is 0 Å². The lowest BCUT2D eigenvalue weighted by Crippen LogP contribution is -2.25. The van der Waals surface area contributed by atoms with Crippen LogP contribution in [0.15, 0.2) is 70.1 Å². The van der Waals surface area contributed by atoms with Crippen molar-refractivity contribution in [1.82, 2.24) is 29.8 Å². The van der Waals surface area contributed by atoms with Gasteiger partial charge in [0, 0.05) is 6.20 Å². The summed E-state index contributed by atoms with van der Waals surface area (Å²) in [6.07, 6.45) is -2.20. The molecule has 0 aliphatic carbocycles. The normalized spacial score (nSPS) is 11.8. The number of methoxy groups -OCH3 is 1. The summed E-state index contributed by atoms with van der Waals surface area (Å²) in [5.41, 5.74) is -3.17. The number of alkyl halides is 3. The minimum Gasteiger partial charge on any atom is -0.494 e. The molecule has 0 aliphatic heterocycles. The summed E-state index contributed by atoms with van der Waals surface area (Å²) in [6.45, 7) is 0. The van der Waals surface area contributed by atoms with E-state index in [1.54, 1.807) is 36.4 Å². The lowest BCUT2D eigenvalue weighted by atomic mass is 10.1. The zero-order valence-electron chi connectivity index (χ0n) is 19.8. The number of H-pyrrole nitrogens is 2. The molecule has 0 spiro atoms. The van der Waals surface area contributed by atoms with Crippen molar-refractivity contribution in [2.75, 3.05) is 12.4 Å². The van der Waals surface area contributed by atoms with E-state index in [2.05, 4.69) is 30.6 Å². The maximum Gasteiger partial charge on any atom is 0.433 e. The van der Waals surface area contributed by atoms with Crippen molar-refractivity contribution in [3.8, 4) is 28.3 Å². The number of hydrogen-bond acceptors (Lipinski definition) is 7. The molecular weight excluding hydrogens is 519 g/mol. The number of halogens is 3. The fourth-order valence-corrected chi connectivity index (χ4v) is 4.22. The average Bonchev–Trinajstić information content (AvgIpc) is 3.67. The van der Waals surface area contributed by atoms with Gasteiger partial charge in [0.2, 0.25) is 5.89 Å². The van der Waals surface area contributed by atoms with Gasteiger partial charge in [-0.15, -0.1) is 0 Å². The fourth-order valence-electron chi connectivity index (χ4n) is 4.22. The summed E-state index contributed by atoms with van der Waals surface area (Å²) < 4.78 is 54.1. The number of nitrogens with one attached hydrogen (secondary N) is 3. The molecule has 196 valence electrons. The zero-order chi connectivity index (χ0) is 27.3. The molecule has 0 aliphatic rings. The molecule has 0 saturated carbocycles. The summed E-state index contributed by atoms with van der Waals surface area (Å²) in [5, 5.41) is 10.9. The number of ether oxygens (including phenoxy) is 1. The van der Waals surface area contributed by atoms with E-state index in [4.69, 9.17) is 9.15 Å².